The highest BCUT2D eigenvalue weighted by Gasteiger charge is 2.19. The molecule has 5 heteroatoms. The molecule has 1 unspecified atom stereocenters. The van der Waals surface area contributed by atoms with Crippen LogP contribution < -0.4 is 5.32 Å². The number of halogens is 1. The third-order valence-electron chi connectivity index (χ3n) is 2.42. The molecule has 1 atom stereocenters. The van der Waals surface area contributed by atoms with Crippen LogP contribution >= 0.6 is 22.9 Å². The first kappa shape index (κ1) is 15.2. The van der Waals surface area contributed by atoms with Crippen molar-refractivity contribution >= 4 is 34.9 Å². The number of thiophene rings is 1. The van der Waals surface area contributed by atoms with E-state index in [0.717, 1.165) is 11.3 Å². The first-order valence-corrected chi connectivity index (χ1v) is 7.06. The third kappa shape index (κ3) is 5.67. The highest BCUT2D eigenvalue weighted by molar-refractivity contribution is 7.17. The zero-order valence-corrected chi connectivity index (χ0v) is 12.1. The second-order valence-electron chi connectivity index (χ2n) is 4.44. The molecule has 3 nitrogen and oxygen atoms in total. The van der Waals surface area contributed by atoms with E-state index in [1.807, 2.05) is 13.0 Å². The maximum Gasteiger partial charge on any atom is 0.244 e. The maximum absolute atomic E-state index is 11.5. The summed E-state index contributed by atoms with van der Waals surface area (Å²) < 4.78 is 0.695. The molecule has 0 saturated heterocycles. The van der Waals surface area contributed by atoms with Crippen molar-refractivity contribution in [2.24, 2.45) is 0 Å². The van der Waals surface area contributed by atoms with Gasteiger partial charge in [-0.15, -0.1) is 11.3 Å². The fourth-order valence-corrected chi connectivity index (χ4v) is 2.50. The van der Waals surface area contributed by atoms with E-state index in [-0.39, 0.29) is 12.5 Å². The van der Waals surface area contributed by atoms with Crippen LogP contribution in [0, 0.1) is 0 Å². The number of rotatable bonds is 6. The Kier molecular flexibility index (Phi) is 5.85. The molecule has 1 aromatic heterocycles. The van der Waals surface area contributed by atoms with Gasteiger partial charge in [-0.3, -0.25) is 4.79 Å². The molecule has 100 valence electrons. The summed E-state index contributed by atoms with van der Waals surface area (Å²) in [6.45, 7) is 3.98. The molecule has 0 bridgehead atoms. The molecular formula is C13H18ClNO2S. The predicted octanol–water partition coefficient (Wildman–Crippen LogP) is 3.08. The van der Waals surface area contributed by atoms with Gasteiger partial charge in [0, 0.05) is 17.5 Å². The summed E-state index contributed by atoms with van der Waals surface area (Å²) in [7, 11) is 0. The molecule has 1 aromatic rings. The van der Waals surface area contributed by atoms with Crippen molar-refractivity contribution in [1.82, 2.24) is 5.32 Å². The number of carbonyl (C=O) groups is 1. The predicted molar refractivity (Wildman–Crippen MR) is 76.9 cm³/mol. The molecular weight excluding hydrogens is 270 g/mol. The highest BCUT2D eigenvalue weighted by Crippen LogP contribution is 2.22. The normalized spacial score (nSPS) is 14.7. The quantitative estimate of drug-likeness (QED) is 0.790. The van der Waals surface area contributed by atoms with Gasteiger partial charge in [-0.05, 0) is 31.6 Å². The fraction of sp³-hybridized carbons (Fsp3) is 0.462. The largest absolute Gasteiger partial charge is 0.388 e. The van der Waals surface area contributed by atoms with Gasteiger partial charge in [-0.25, -0.2) is 0 Å². The Bertz CT molecular complexity index is 426. The van der Waals surface area contributed by atoms with Crippen LogP contribution in [0.1, 0.15) is 31.6 Å². The van der Waals surface area contributed by atoms with Gasteiger partial charge in [0.2, 0.25) is 5.91 Å². The van der Waals surface area contributed by atoms with Gasteiger partial charge >= 0.3 is 0 Å². The van der Waals surface area contributed by atoms with Crippen molar-refractivity contribution in [2.45, 2.75) is 32.3 Å². The smallest absolute Gasteiger partial charge is 0.244 e. The number of hydrogen-bond acceptors (Lipinski definition) is 3. The lowest BCUT2D eigenvalue weighted by Gasteiger charge is -2.22. The van der Waals surface area contributed by atoms with Crippen LogP contribution in [0.5, 0.6) is 0 Å². The summed E-state index contributed by atoms with van der Waals surface area (Å²) in [5.41, 5.74) is -0.843. The van der Waals surface area contributed by atoms with Crippen molar-refractivity contribution in [3.8, 4) is 0 Å². The van der Waals surface area contributed by atoms with E-state index in [1.54, 1.807) is 19.1 Å². The van der Waals surface area contributed by atoms with Gasteiger partial charge in [-0.1, -0.05) is 24.9 Å². The van der Waals surface area contributed by atoms with Crippen LogP contribution in [-0.2, 0) is 4.79 Å². The van der Waals surface area contributed by atoms with Crippen molar-refractivity contribution in [2.75, 3.05) is 6.54 Å². The van der Waals surface area contributed by atoms with E-state index in [2.05, 4.69) is 5.32 Å². The minimum absolute atomic E-state index is 0.212. The van der Waals surface area contributed by atoms with Gasteiger partial charge in [-0.2, -0.15) is 0 Å². The van der Waals surface area contributed by atoms with Crippen molar-refractivity contribution in [1.29, 1.82) is 0 Å². The Morgan fingerprint density at radius 3 is 2.89 bits per heavy atom. The molecule has 0 spiro atoms. The van der Waals surface area contributed by atoms with Gasteiger partial charge in [0.15, 0.2) is 0 Å². The number of nitrogens with one attached hydrogen (secondary N) is 1. The number of aliphatic hydroxyl groups is 1. The average Bonchev–Trinajstić information content (AvgIpc) is 2.70. The summed E-state index contributed by atoms with van der Waals surface area (Å²) in [5.74, 6) is -0.212. The van der Waals surface area contributed by atoms with Crippen LogP contribution in [-0.4, -0.2) is 23.2 Å². The number of carbonyl (C=O) groups excluding carboxylic acids is 1. The van der Waals surface area contributed by atoms with Gasteiger partial charge in [0.25, 0.3) is 0 Å². The van der Waals surface area contributed by atoms with Crippen molar-refractivity contribution < 1.29 is 9.90 Å². The van der Waals surface area contributed by atoms with Crippen LogP contribution in [0.3, 0.4) is 0 Å². The highest BCUT2D eigenvalue weighted by atomic mass is 35.5. The summed E-state index contributed by atoms with van der Waals surface area (Å²) in [6.07, 6.45) is 4.70. The minimum Gasteiger partial charge on any atom is -0.388 e. The van der Waals surface area contributed by atoms with Crippen LogP contribution in [0.2, 0.25) is 4.34 Å². The molecule has 0 radical (unpaired) electrons. The zero-order valence-electron chi connectivity index (χ0n) is 10.6. The van der Waals surface area contributed by atoms with E-state index < -0.39 is 5.60 Å². The number of hydrogen-bond donors (Lipinski definition) is 2. The molecule has 0 fully saturated rings. The Labute approximate surface area is 116 Å². The lowest BCUT2D eigenvalue weighted by molar-refractivity contribution is -0.117. The zero-order chi connectivity index (χ0) is 13.6. The average molecular weight is 288 g/mol. The van der Waals surface area contributed by atoms with Crippen molar-refractivity contribution in [3.63, 3.8) is 0 Å². The Balaban J connectivity index is 2.40. The molecule has 1 amide bonds. The molecule has 0 aliphatic rings. The second kappa shape index (κ2) is 6.92. The van der Waals surface area contributed by atoms with Crippen molar-refractivity contribution in [3.05, 3.63) is 27.4 Å². The summed E-state index contributed by atoms with van der Waals surface area (Å²) in [5, 5.41) is 12.6. The van der Waals surface area contributed by atoms with Crippen LogP contribution in [0.15, 0.2) is 18.2 Å². The molecule has 0 aliphatic carbocycles. The minimum atomic E-state index is -0.843. The molecule has 0 aliphatic heterocycles. The summed E-state index contributed by atoms with van der Waals surface area (Å²) in [6, 6.07) is 3.64. The molecule has 0 saturated carbocycles. The monoisotopic (exact) mass is 287 g/mol. The van der Waals surface area contributed by atoms with E-state index in [4.69, 9.17) is 11.6 Å². The second-order valence-corrected chi connectivity index (χ2v) is 6.19. The Hall–Kier alpha value is -0.840. The Morgan fingerprint density at radius 1 is 1.61 bits per heavy atom. The lowest BCUT2D eigenvalue weighted by Crippen LogP contribution is -2.39. The maximum atomic E-state index is 11.5. The molecule has 1 heterocycles. The first-order valence-electron chi connectivity index (χ1n) is 5.86. The topological polar surface area (TPSA) is 49.3 Å². The van der Waals surface area contributed by atoms with Gasteiger partial charge < -0.3 is 10.4 Å². The lowest BCUT2D eigenvalue weighted by atomic mass is 10.0. The summed E-state index contributed by atoms with van der Waals surface area (Å²) >= 11 is 7.19. The van der Waals surface area contributed by atoms with Gasteiger partial charge in [0.05, 0.1) is 9.94 Å². The van der Waals surface area contributed by atoms with Gasteiger partial charge in [0.1, 0.15) is 0 Å². The Morgan fingerprint density at radius 2 is 2.33 bits per heavy atom. The van der Waals surface area contributed by atoms with E-state index in [1.165, 1.54) is 17.4 Å². The van der Waals surface area contributed by atoms with Crippen LogP contribution in [0.4, 0.5) is 0 Å². The molecule has 1 rings (SSSR count). The molecule has 0 aromatic carbocycles. The standard InChI is InChI=1S/C13H18ClNO2S/c1-3-8-13(2,17)9-15-12(16)7-5-10-4-6-11(14)18-10/h4-7,17H,3,8-9H2,1-2H3,(H,15,16)/b7-5+. The molecule has 18 heavy (non-hydrogen) atoms. The molecule has 2 N–H and O–H groups in total. The van der Waals surface area contributed by atoms with E-state index in [0.29, 0.717) is 10.8 Å². The third-order valence-corrected chi connectivity index (χ3v) is 3.62. The number of amides is 1. The first-order chi connectivity index (χ1) is 8.43. The van der Waals surface area contributed by atoms with E-state index >= 15 is 0 Å². The SMILES string of the molecule is CCCC(C)(O)CNC(=O)/C=C/c1ccc(Cl)s1. The van der Waals surface area contributed by atoms with E-state index in [9.17, 15) is 9.90 Å². The fourth-order valence-electron chi connectivity index (χ4n) is 1.54. The van der Waals surface area contributed by atoms with Crippen LogP contribution in [0.25, 0.3) is 6.08 Å². The summed E-state index contributed by atoms with van der Waals surface area (Å²) in [4.78, 5) is 12.5.